The lowest BCUT2D eigenvalue weighted by Gasteiger charge is -2.24. The Morgan fingerprint density at radius 1 is 1.25 bits per heavy atom. The molecule has 0 saturated carbocycles. The van der Waals surface area contributed by atoms with Gasteiger partial charge in [0.1, 0.15) is 29.5 Å². The molecular weight excluding hydrogens is 413 g/mol. The molecular formula is C21H18FN9O. The molecule has 4 aromatic rings. The lowest BCUT2D eigenvalue weighted by atomic mass is 10.1. The molecule has 0 radical (unpaired) electrons. The Labute approximate surface area is 182 Å². The second-order valence-electron chi connectivity index (χ2n) is 7.35. The molecule has 0 saturated heterocycles. The molecule has 10 nitrogen and oxygen atoms in total. The summed E-state index contributed by atoms with van der Waals surface area (Å²) >= 11 is 0. The van der Waals surface area contributed by atoms with Crippen molar-refractivity contribution in [3.05, 3.63) is 53.7 Å². The Morgan fingerprint density at radius 2 is 2.06 bits per heavy atom. The van der Waals surface area contributed by atoms with E-state index in [0.29, 0.717) is 39.8 Å². The number of rotatable bonds is 0. The lowest BCUT2D eigenvalue weighted by Crippen LogP contribution is -2.19. The number of ether oxygens (including phenoxy) is 1. The highest BCUT2D eigenvalue weighted by Gasteiger charge is 2.28. The first-order valence-electron chi connectivity index (χ1n) is 9.73. The van der Waals surface area contributed by atoms with Crippen LogP contribution < -0.4 is 15.4 Å². The van der Waals surface area contributed by atoms with Crippen molar-refractivity contribution in [2.75, 3.05) is 17.7 Å². The predicted molar refractivity (Wildman–Crippen MR) is 114 cm³/mol. The maximum atomic E-state index is 14.2. The van der Waals surface area contributed by atoms with E-state index in [1.165, 1.54) is 23.0 Å². The van der Waals surface area contributed by atoms with E-state index in [0.717, 1.165) is 0 Å². The van der Waals surface area contributed by atoms with Crippen LogP contribution >= 0.6 is 0 Å². The van der Waals surface area contributed by atoms with Gasteiger partial charge in [0.15, 0.2) is 11.6 Å². The molecule has 1 aliphatic rings. The van der Waals surface area contributed by atoms with Gasteiger partial charge in [-0.05, 0) is 25.1 Å². The average Bonchev–Trinajstić information content (AvgIpc) is 3.38. The Bertz CT molecular complexity index is 1400. The molecule has 0 amide bonds. The number of aryl methyl sites for hydroxylation is 1. The summed E-state index contributed by atoms with van der Waals surface area (Å²) in [7, 11) is 3.48. The Morgan fingerprint density at radius 3 is 2.84 bits per heavy atom. The number of nitrogen functional groups attached to an aromatic ring is 1. The number of anilines is 3. The lowest BCUT2D eigenvalue weighted by molar-refractivity contribution is 0.217. The minimum atomic E-state index is -0.627. The predicted octanol–water partition coefficient (Wildman–Crippen LogP) is 2.88. The van der Waals surface area contributed by atoms with Gasteiger partial charge in [-0.1, -0.05) is 0 Å². The summed E-state index contributed by atoms with van der Waals surface area (Å²) in [6.45, 7) is 1.76. The van der Waals surface area contributed by atoms with Gasteiger partial charge < -0.3 is 15.4 Å². The van der Waals surface area contributed by atoms with Crippen LogP contribution in [-0.2, 0) is 7.05 Å². The van der Waals surface area contributed by atoms with E-state index < -0.39 is 11.9 Å². The fourth-order valence-electron chi connectivity index (χ4n) is 3.82. The van der Waals surface area contributed by atoms with Gasteiger partial charge in [-0.3, -0.25) is 4.68 Å². The number of fused-ring (bicyclic) bond motifs is 7. The number of hydrogen-bond acceptors (Lipinski definition) is 8. The normalized spacial score (nSPS) is 14.8. The highest BCUT2D eigenvalue weighted by molar-refractivity contribution is 5.81. The van der Waals surface area contributed by atoms with E-state index in [4.69, 9.17) is 10.5 Å². The monoisotopic (exact) mass is 431 g/mol. The minimum absolute atomic E-state index is 0.0766. The number of benzene rings is 1. The second kappa shape index (κ2) is 7.05. The maximum absolute atomic E-state index is 14.2. The third kappa shape index (κ3) is 2.84. The maximum Gasteiger partial charge on any atom is 0.258 e. The molecule has 0 aliphatic carbocycles. The second-order valence-corrected chi connectivity index (χ2v) is 7.35. The number of halogens is 1. The van der Waals surface area contributed by atoms with E-state index in [1.807, 2.05) is 0 Å². The number of hydrogen-bond donors (Lipinski definition) is 1. The molecule has 0 fully saturated rings. The van der Waals surface area contributed by atoms with Gasteiger partial charge in [-0.25, -0.2) is 19.0 Å². The van der Waals surface area contributed by atoms with Gasteiger partial charge in [0.05, 0.1) is 29.3 Å². The van der Waals surface area contributed by atoms with E-state index >= 15 is 0 Å². The molecule has 11 heteroatoms. The summed E-state index contributed by atoms with van der Waals surface area (Å²) in [5, 5.41) is 18.8. The van der Waals surface area contributed by atoms with Gasteiger partial charge in [-0.15, -0.1) is 0 Å². The van der Waals surface area contributed by atoms with Crippen molar-refractivity contribution in [3.8, 4) is 28.9 Å². The van der Waals surface area contributed by atoms with Crippen molar-refractivity contribution in [2.24, 2.45) is 7.05 Å². The molecule has 2 bridgehead atoms. The first kappa shape index (κ1) is 19.5. The molecule has 1 aliphatic heterocycles. The highest BCUT2D eigenvalue weighted by Crippen LogP contribution is 2.39. The van der Waals surface area contributed by atoms with E-state index in [1.54, 1.807) is 48.9 Å². The standard InChI is InChI=1S/C21H18FN9O/c1-11-13-8-12(22)4-5-15(13)31-17(6-7-26-31)29(2)20-18(16(9-23)30(3)28-20)14-10-25-19(24)21(27-14)32-11/h4-8,10-11H,1-3H3,(H2,24,25)/t11-/m1/s1. The van der Waals surface area contributed by atoms with Crippen molar-refractivity contribution < 1.29 is 9.13 Å². The highest BCUT2D eigenvalue weighted by atomic mass is 19.1. The molecule has 1 aromatic carbocycles. The Balaban J connectivity index is 1.87. The molecule has 160 valence electrons. The number of aromatic nitrogens is 6. The van der Waals surface area contributed by atoms with Gasteiger partial charge >= 0.3 is 0 Å². The summed E-state index contributed by atoms with van der Waals surface area (Å²) in [6, 6.07) is 8.36. The van der Waals surface area contributed by atoms with E-state index in [9.17, 15) is 9.65 Å². The molecule has 2 N–H and O–H groups in total. The molecule has 5 rings (SSSR count). The number of nitrogens with zero attached hydrogens (tertiary/aromatic N) is 8. The summed E-state index contributed by atoms with van der Waals surface area (Å²) in [5.41, 5.74) is 8.35. The summed E-state index contributed by atoms with van der Waals surface area (Å²) in [6.07, 6.45) is 2.48. The SMILES string of the molecule is C[C@H]1Oc2nc(cnc2N)-c2c(nn(C)c2C#N)N(C)c2ccnn2-c2ccc(F)cc21. The third-order valence-electron chi connectivity index (χ3n) is 5.39. The van der Waals surface area contributed by atoms with Crippen molar-refractivity contribution in [1.29, 1.82) is 5.26 Å². The molecule has 1 atom stereocenters. The van der Waals surface area contributed by atoms with Crippen molar-refractivity contribution in [2.45, 2.75) is 13.0 Å². The minimum Gasteiger partial charge on any atom is -0.467 e. The number of nitriles is 1. The van der Waals surface area contributed by atoms with Gasteiger partial charge in [0.2, 0.25) is 0 Å². The molecule has 0 unspecified atom stereocenters. The van der Waals surface area contributed by atoms with Gasteiger partial charge in [0.25, 0.3) is 5.88 Å². The van der Waals surface area contributed by atoms with E-state index in [2.05, 4.69) is 26.2 Å². The zero-order valence-electron chi connectivity index (χ0n) is 17.5. The zero-order chi connectivity index (χ0) is 22.6. The van der Waals surface area contributed by atoms with Crippen molar-refractivity contribution >= 4 is 17.5 Å². The Hall–Kier alpha value is -4.46. The van der Waals surface area contributed by atoms with Crippen molar-refractivity contribution in [3.63, 3.8) is 0 Å². The van der Waals surface area contributed by atoms with Crippen LogP contribution in [-0.4, -0.2) is 36.6 Å². The summed E-state index contributed by atoms with van der Waals surface area (Å²) in [4.78, 5) is 10.5. The molecule has 4 heterocycles. The smallest absolute Gasteiger partial charge is 0.258 e. The summed E-state index contributed by atoms with van der Waals surface area (Å²) in [5.74, 6) is 0.860. The van der Waals surface area contributed by atoms with Gasteiger partial charge in [-0.2, -0.15) is 15.5 Å². The quantitative estimate of drug-likeness (QED) is 0.451. The van der Waals surface area contributed by atoms with Crippen LogP contribution in [0.3, 0.4) is 0 Å². The fourth-order valence-corrected chi connectivity index (χ4v) is 3.82. The molecule has 0 spiro atoms. The first-order chi connectivity index (χ1) is 15.4. The van der Waals surface area contributed by atoms with Gasteiger partial charge in [0, 0.05) is 25.7 Å². The summed E-state index contributed by atoms with van der Waals surface area (Å²) < 4.78 is 23.4. The van der Waals surface area contributed by atoms with Crippen LogP contribution in [0.5, 0.6) is 5.88 Å². The average molecular weight is 431 g/mol. The fraction of sp³-hybridized carbons (Fsp3) is 0.190. The molecule has 3 aromatic heterocycles. The van der Waals surface area contributed by atoms with Crippen LogP contribution in [0.4, 0.5) is 21.8 Å². The largest absolute Gasteiger partial charge is 0.467 e. The Kier molecular flexibility index (Phi) is 4.30. The van der Waals surface area contributed by atoms with Crippen LogP contribution in [0.15, 0.2) is 36.7 Å². The first-order valence-corrected chi connectivity index (χ1v) is 9.73. The van der Waals surface area contributed by atoms with Crippen molar-refractivity contribution in [1.82, 2.24) is 29.5 Å². The van der Waals surface area contributed by atoms with Crippen LogP contribution in [0, 0.1) is 17.1 Å². The van der Waals surface area contributed by atoms with Crippen LogP contribution in [0.25, 0.3) is 16.9 Å². The van der Waals surface area contributed by atoms with Crippen LogP contribution in [0.1, 0.15) is 24.3 Å². The number of nitrogens with two attached hydrogens (primary N) is 1. The third-order valence-corrected chi connectivity index (χ3v) is 5.39. The zero-order valence-corrected chi connectivity index (χ0v) is 17.5. The van der Waals surface area contributed by atoms with E-state index in [-0.39, 0.29) is 11.7 Å². The molecule has 32 heavy (non-hydrogen) atoms. The topological polar surface area (TPSA) is 124 Å². The van der Waals surface area contributed by atoms with Crippen LogP contribution in [0.2, 0.25) is 0 Å².